The number of fused-ring (bicyclic) bond motifs is 3. The van der Waals surface area contributed by atoms with Crippen LogP contribution < -0.4 is 4.74 Å². The van der Waals surface area contributed by atoms with Gasteiger partial charge in [0.25, 0.3) is 0 Å². The Morgan fingerprint density at radius 3 is 2.00 bits per heavy atom. The predicted molar refractivity (Wildman–Crippen MR) is 160 cm³/mol. The zero-order valence-electron chi connectivity index (χ0n) is 22.2. The minimum absolute atomic E-state index is 0.0133. The molecule has 1 aliphatic heterocycles. The number of alkyl halides is 3. The van der Waals surface area contributed by atoms with Crippen molar-refractivity contribution in [3.05, 3.63) is 145 Å². The van der Waals surface area contributed by atoms with Gasteiger partial charge in [-0.25, -0.2) is 4.39 Å². The maximum absolute atomic E-state index is 15.4. The molecule has 0 spiro atoms. The van der Waals surface area contributed by atoms with E-state index >= 15 is 4.39 Å². The minimum Gasteiger partial charge on any atom is -0.482 e. The van der Waals surface area contributed by atoms with Crippen LogP contribution in [0.5, 0.6) is 5.75 Å². The van der Waals surface area contributed by atoms with Gasteiger partial charge in [0, 0.05) is 43.7 Å². The van der Waals surface area contributed by atoms with Gasteiger partial charge in [-0.3, -0.25) is 9.59 Å². The van der Waals surface area contributed by atoms with E-state index in [4.69, 9.17) is 4.74 Å². The molecule has 0 aromatic heterocycles. The zero-order chi connectivity index (χ0) is 30.5. The van der Waals surface area contributed by atoms with E-state index in [1.165, 1.54) is 6.07 Å². The van der Waals surface area contributed by atoms with Crippen molar-refractivity contribution in [2.75, 3.05) is 0 Å². The summed E-state index contributed by atoms with van der Waals surface area (Å²) in [4.78, 5) is 27.2. The first-order valence-electron chi connectivity index (χ1n) is 13.4. The van der Waals surface area contributed by atoms with Crippen LogP contribution in [0.2, 0.25) is 0 Å². The fourth-order valence-corrected chi connectivity index (χ4v) is 6.86. The molecule has 4 aromatic carbocycles. The Labute approximate surface area is 261 Å². The predicted octanol–water partition coefficient (Wildman–Crippen LogP) is 9.62. The number of carbonyl (C=O) groups is 2. The molecule has 3 nitrogen and oxygen atoms in total. The molecule has 5 atom stereocenters. The molecule has 0 radical (unpaired) electrons. The number of ether oxygens (including phenoxy) is 1. The minimum atomic E-state index is -4.57. The third-order valence-electron chi connectivity index (χ3n) is 8.22. The van der Waals surface area contributed by atoms with Crippen molar-refractivity contribution in [1.29, 1.82) is 0 Å². The van der Waals surface area contributed by atoms with Gasteiger partial charge < -0.3 is 4.74 Å². The van der Waals surface area contributed by atoms with E-state index < -0.39 is 53.1 Å². The molecule has 9 heteroatoms. The average molecular weight is 714 g/mol. The van der Waals surface area contributed by atoms with Crippen molar-refractivity contribution in [3.8, 4) is 5.75 Å². The monoisotopic (exact) mass is 712 g/mol. The number of para-hydroxylation sites is 1. The number of Topliss-reactive ketones (excluding diaryl/α,β-unsaturated/α-hetero) is 1. The third-order valence-corrected chi connectivity index (χ3v) is 9.28. The normalized spacial score (nSPS) is 22.9. The fourth-order valence-electron chi connectivity index (χ4n) is 6.33. The lowest BCUT2D eigenvalue weighted by Gasteiger charge is -2.47. The summed E-state index contributed by atoms with van der Waals surface area (Å²) in [7, 11) is 0. The van der Waals surface area contributed by atoms with E-state index in [2.05, 4.69) is 31.9 Å². The lowest BCUT2D eigenvalue weighted by molar-refractivity contribution is -0.137. The van der Waals surface area contributed by atoms with Crippen LogP contribution >= 0.6 is 31.9 Å². The van der Waals surface area contributed by atoms with E-state index in [1.54, 1.807) is 36.4 Å². The Balaban J connectivity index is 1.59. The number of ketones is 1. The molecule has 0 amide bonds. The number of hydrogen-bond donors (Lipinski definition) is 0. The number of hydrogen-bond acceptors (Lipinski definition) is 3. The quantitative estimate of drug-likeness (QED) is 0.118. The van der Waals surface area contributed by atoms with Gasteiger partial charge >= 0.3 is 6.18 Å². The molecule has 1 aliphatic carbocycles. The lowest BCUT2D eigenvalue weighted by Crippen LogP contribution is -2.42. The number of allylic oxidation sites excluding steroid dienone is 1. The summed E-state index contributed by atoms with van der Waals surface area (Å²) < 4.78 is 63.4. The Bertz CT molecular complexity index is 1720. The van der Waals surface area contributed by atoms with Crippen LogP contribution in [-0.4, -0.2) is 12.1 Å². The first-order chi connectivity index (χ1) is 20.6. The highest BCUT2D eigenvalue weighted by Gasteiger charge is 2.52. The summed E-state index contributed by atoms with van der Waals surface area (Å²) in [5.41, 5.74) is 1.39. The summed E-state index contributed by atoms with van der Waals surface area (Å²) in [5, 5.41) is 0. The number of benzene rings is 4. The van der Waals surface area contributed by atoms with E-state index in [0.29, 0.717) is 16.7 Å². The Hall–Kier alpha value is -3.56. The molecule has 0 fully saturated rings. The number of carbonyl (C=O) groups excluding carboxylic acids is 2. The van der Waals surface area contributed by atoms with Gasteiger partial charge in [-0.05, 0) is 59.2 Å². The maximum Gasteiger partial charge on any atom is 0.416 e. The van der Waals surface area contributed by atoms with Crippen molar-refractivity contribution < 1.29 is 31.9 Å². The Morgan fingerprint density at radius 2 is 1.42 bits per heavy atom. The van der Waals surface area contributed by atoms with E-state index in [-0.39, 0.29) is 11.3 Å². The SMILES string of the molecule is O=CC1=C[C@H]2[C@H](c3cccc(F)c3O[C@H]2c2ccc(Br)cc2)[C@H](C(=O)c2ccc(C(F)(F)F)cc2)[C@H]1c1ccc(Br)cc1. The second-order valence-corrected chi connectivity index (χ2v) is 12.5. The van der Waals surface area contributed by atoms with Crippen LogP contribution in [-0.2, 0) is 11.0 Å². The number of halogens is 6. The van der Waals surface area contributed by atoms with Gasteiger partial charge in [0.15, 0.2) is 17.3 Å². The molecule has 6 rings (SSSR count). The van der Waals surface area contributed by atoms with Gasteiger partial charge in [0.1, 0.15) is 12.4 Å². The van der Waals surface area contributed by atoms with Gasteiger partial charge in [0.05, 0.1) is 5.56 Å². The number of rotatable bonds is 5. The summed E-state index contributed by atoms with van der Waals surface area (Å²) in [6.07, 6.45) is -2.79. The van der Waals surface area contributed by atoms with Gasteiger partial charge in [-0.15, -0.1) is 0 Å². The molecular weight excluding hydrogens is 692 g/mol. The lowest BCUT2D eigenvalue weighted by atomic mass is 9.58. The van der Waals surface area contributed by atoms with Gasteiger partial charge in [0.2, 0.25) is 0 Å². The summed E-state index contributed by atoms with van der Waals surface area (Å²) in [5.74, 6) is -3.97. The molecule has 0 saturated carbocycles. The van der Waals surface area contributed by atoms with Crippen LogP contribution in [0.4, 0.5) is 17.6 Å². The molecule has 0 saturated heterocycles. The number of aldehydes is 1. The molecule has 0 N–H and O–H groups in total. The standard InChI is InChI=1S/C34H22Br2F4O3/c35-23-12-6-18(7-13-23)28-21(17-41)16-26-29(30(28)31(42)19-4-10-22(11-5-19)34(38,39)40)25-2-1-3-27(37)33(25)43-32(26)20-8-14-24(36)15-9-20/h1-17,26,28-30,32H/t26-,28-,29-,30+,32-/m0/s1. The molecule has 1 heterocycles. The highest BCUT2D eigenvalue weighted by molar-refractivity contribution is 9.10. The summed E-state index contributed by atoms with van der Waals surface area (Å²) in [6, 6.07) is 23.1. The molecule has 218 valence electrons. The average Bonchev–Trinajstić information content (AvgIpc) is 3.00. The molecule has 2 aliphatic rings. The topological polar surface area (TPSA) is 43.4 Å². The molecule has 0 bridgehead atoms. The second kappa shape index (κ2) is 11.5. The molecule has 43 heavy (non-hydrogen) atoms. The van der Waals surface area contributed by atoms with Gasteiger partial charge in [-0.2, -0.15) is 13.2 Å². The smallest absolute Gasteiger partial charge is 0.416 e. The fraction of sp³-hybridized carbons (Fsp3) is 0.176. The van der Waals surface area contributed by atoms with Crippen molar-refractivity contribution in [2.24, 2.45) is 11.8 Å². The first kappa shape index (κ1) is 29.5. The third kappa shape index (κ3) is 5.49. The maximum atomic E-state index is 15.4. The van der Waals surface area contributed by atoms with Crippen molar-refractivity contribution >= 4 is 43.9 Å². The van der Waals surface area contributed by atoms with Crippen LogP contribution in [0.3, 0.4) is 0 Å². The van der Waals surface area contributed by atoms with Crippen LogP contribution in [0, 0.1) is 17.7 Å². The molecular formula is C34H22Br2F4O3. The van der Waals surface area contributed by atoms with Crippen LogP contribution in [0.1, 0.15) is 50.6 Å². The highest BCUT2D eigenvalue weighted by Crippen LogP contribution is 2.58. The van der Waals surface area contributed by atoms with Crippen molar-refractivity contribution in [1.82, 2.24) is 0 Å². The summed E-state index contributed by atoms with van der Waals surface area (Å²) in [6.45, 7) is 0. The summed E-state index contributed by atoms with van der Waals surface area (Å²) >= 11 is 6.85. The zero-order valence-corrected chi connectivity index (χ0v) is 25.4. The van der Waals surface area contributed by atoms with Crippen LogP contribution in [0.15, 0.2) is 112 Å². The van der Waals surface area contributed by atoms with Crippen LogP contribution in [0.25, 0.3) is 0 Å². The van der Waals surface area contributed by atoms with Crippen molar-refractivity contribution in [2.45, 2.75) is 24.1 Å². The van der Waals surface area contributed by atoms with E-state index in [0.717, 1.165) is 45.1 Å². The van der Waals surface area contributed by atoms with E-state index in [9.17, 15) is 22.8 Å². The first-order valence-corrected chi connectivity index (χ1v) is 15.0. The largest absolute Gasteiger partial charge is 0.482 e. The molecule has 0 unspecified atom stereocenters. The van der Waals surface area contributed by atoms with E-state index in [1.807, 2.05) is 30.3 Å². The Kier molecular flexibility index (Phi) is 7.89. The highest BCUT2D eigenvalue weighted by atomic mass is 79.9. The van der Waals surface area contributed by atoms with Gasteiger partial charge in [-0.1, -0.05) is 86.5 Å². The van der Waals surface area contributed by atoms with Crippen molar-refractivity contribution in [3.63, 3.8) is 0 Å². The molecule has 4 aromatic rings. The second-order valence-electron chi connectivity index (χ2n) is 10.6. The Morgan fingerprint density at radius 1 is 0.814 bits per heavy atom.